The number of halogens is 1. The standard InChI is InChI=1S/C25H20FN3O3S/c1-2-3-14-31-19-10-6-17(7-11-19)23-27-25-29(28-23)24(30)22(33-25)15-20-12-13-21(32-20)16-4-8-18(26)9-5-16/h4-13,15H,2-3,14H2,1H3/b22-15+. The highest BCUT2D eigenvalue weighted by molar-refractivity contribution is 7.15. The Balaban J connectivity index is 1.39. The average molecular weight is 462 g/mol. The molecule has 0 N–H and O–H groups in total. The molecule has 0 bridgehead atoms. The van der Waals surface area contributed by atoms with Crippen molar-refractivity contribution in [1.82, 2.24) is 14.6 Å². The van der Waals surface area contributed by atoms with Gasteiger partial charge in [0.05, 0.1) is 6.61 Å². The van der Waals surface area contributed by atoms with Crippen LogP contribution in [0.3, 0.4) is 0 Å². The van der Waals surface area contributed by atoms with Gasteiger partial charge in [0.1, 0.15) is 27.6 Å². The van der Waals surface area contributed by atoms with Gasteiger partial charge in [0.25, 0.3) is 5.56 Å². The van der Waals surface area contributed by atoms with E-state index in [0.29, 0.717) is 33.4 Å². The number of furan rings is 1. The van der Waals surface area contributed by atoms with Gasteiger partial charge < -0.3 is 9.15 Å². The molecule has 0 unspecified atom stereocenters. The third kappa shape index (κ3) is 4.42. The van der Waals surface area contributed by atoms with Crippen molar-refractivity contribution in [3.8, 4) is 28.5 Å². The zero-order chi connectivity index (χ0) is 22.8. The summed E-state index contributed by atoms with van der Waals surface area (Å²) in [4.78, 5) is 17.9. The monoisotopic (exact) mass is 461 g/mol. The maximum Gasteiger partial charge on any atom is 0.291 e. The topological polar surface area (TPSA) is 69.6 Å². The molecule has 0 saturated carbocycles. The number of hydrogen-bond acceptors (Lipinski definition) is 6. The van der Waals surface area contributed by atoms with Crippen LogP contribution in [0, 0.1) is 5.82 Å². The predicted molar refractivity (Wildman–Crippen MR) is 126 cm³/mol. The van der Waals surface area contributed by atoms with E-state index in [0.717, 1.165) is 29.7 Å². The quantitative estimate of drug-likeness (QED) is 0.321. The third-order valence-corrected chi connectivity index (χ3v) is 6.05. The van der Waals surface area contributed by atoms with E-state index >= 15 is 0 Å². The molecule has 3 aromatic heterocycles. The Kier molecular flexibility index (Phi) is 5.75. The first-order chi connectivity index (χ1) is 16.1. The van der Waals surface area contributed by atoms with E-state index in [2.05, 4.69) is 17.0 Å². The number of benzene rings is 2. The van der Waals surface area contributed by atoms with E-state index in [1.54, 1.807) is 30.3 Å². The molecule has 0 radical (unpaired) electrons. The maximum absolute atomic E-state index is 13.1. The molecule has 0 atom stereocenters. The van der Waals surface area contributed by atoms with Crippen molar-refractivity contribution < 1.29 is 13.5 Å². The summed E-state index contributed by atoms with van der Waals surface area (Å²) >= 11 is 1.25. The summed E-state index contributed by atoms with van der Waals surface area (Å²) in [5.41, 5.74) is 1.31. The molecule has 0 saturated heterocycles. The average Bonchev–Trinajstić information content (AvgIpc) is 3.53. The van der Waals surface area contributed by atoms with Crippen LogP contribution in [0.25, 0.3) is 33.7 Å². The highest BCUT2D eigenvalue weighted by Crippen LogP contribution is 2.23. The van der Waals surface area contributed by atoms with Crippen LogP contribution in [-0.2, 0) is 0 Å². The second kappa shape index (κ2) is 8.99. The summed E-state index contributed by atoms with van der Waals surface area (Å²) in [5.74, 6) is 2.10. The van der Waals surface area contributed by atoms with Crippen LogP contribution in [0.4, 0.5) is 4.39 Å². The van der Waals surface area contributed by atoms with Crippen LogP contribution in [0.1, 0.15) is 25.5 Å². The third-order valence-electron chi connectivity index (χ3n) is 5.09. The van der Waals surface area contributed by atoms with Gasteiger partial charge in [0, 0.05) is 17.2 Å². The number of rotatable bonds is 7. The van der Waals surface area contributed by atoms with Crippen molar-refractivity contribution in [2.75, 3.05) is 6.61 Å². The molecule has 33 heavy (non-hydrogen) atoms. The van der Waals surface area contributed by atoms with Crippen molar-refractivity contribution in [1.29, 1.82) is 0 Å². The Morgan fingerprint density at radius 3 is 2.55 bits per heavy atom. The lowest BCUT2D eigenvalue weighted by Gasteiger charge is -2.05. The lowest BCUT2D eigenvalue weighted by molar-refractivity contribution is 0.309. The zero-order valence-electron chi connectivity index (χ0n) is 17.8. The molecule has 3 heterocycles. The minimum Gasteiger partial charge on any atom is -0.494 e. The Labute approximate surface area is 192 Å². The highest BCUT2D eigenvalue weighted by atomic mass is 32.1. The molecule has 6 nitrogen and oxygen atoms in total. The minimum atomic E-state index is -0.307. The van der Waals surface area contributed by atoms with E-state index < -0.39 is 0 Å². The van der Waals surface area contributed by atoms with Gasteiger partial charge in [-0.2, -0.15) is 9.50 Å². The van der Waals surface area contributed by atoms with Crippen LogP contribution in [-0.4, -0.2) is 21.2 Å². The summed E-state index contributed by atoms with van der Waals surface area (Å²) in [6, 6.07) is 17.1. The molecular formula is C25H20FN3O3S. The van der Waals surface area contributed by atoms with Crippen molar-refractivity contribution in [3.63, 3.8) is 0 Å². The van der Waals surface area contributed by atoms with Crippen molar-refractivity contribution in [3.05, 3.63) is 87.1 Å². The van der Waals surface area contributed by atoms with Crippen molar-refractivity contribution >= 4 is 22.4 Å². The molecule has 5 aromatic rings. The minimum absolute atomic E-state index is 0.256. The first-order valence-electron chi connectivity index (χ1n) is 10.6. The Morgan fingerprint density at radius 2 is 1.82 bits per heavy atom. The summed E-state index contributed by atoms with van der Waals surface area (Å²) in [5, 5.41) is 4.39. The second-order valence-electron chi connectivity index (χ2n) is 7.48. The smallest absolute Gasteiger partial charge is 0.291 e. The van der Waals surface area contributed by atoms with E-state index in [4.69, 9.17) is 9.15 Å². The largest absolute Gasteiger partial charge is 0.494 e. The van der Waals surface area contributed by atoms with Crippen LogP contribution in [0.5, 0.6) is 5.75 Å². The normalized spacial score (nSPS) is 12.0. The summed E-state index contributed by atoms with van der Waals surface area (Å²) < 4.78 is 26.4. The summed E-state index contributed by atoms with van der Waals surface area (Å²) in [6.07, 6.45) is 3.76. The fourth-order valence-corrected chi connectivity index (χ4v) is 4.21. The van der Waals surface area contributed by atoms with E-state index in [9.17, 15) is 9.18 Å². The van der Waals surface area contributed by atoms with E-state index in [1.165, 1.54) is 28.0 Å². The van der Waals surface area contributed by atoms with Crippen LogP contribution < -0.4 is 14.8 Å². The maximum atomic E-state index is 13.1. The number of nitrogens with zero attached hydrogens (tertiary/aromatic N) is 3. The number of aromatic nitrogens is 3. The van der Waals surface area contributed by atoms with Gasteiger partial charge in [-0.3, -0.25) is 4.79 Å². The Morgan fingerprint density at radius 1 is 1.06 bits per heavy atom. The van der Waals surface area contributed by atoms with Gasteiger partial charge in [0.15, 0.2) is 5.82 Å². The van der Waals surface area contributed by atoms with Gasteiger partial charge >= 0.3 is 0 Å². The number of hydrogen-bond donors (Lipinski definition) is 0. The lowest BCUT2D eigenvalue weighted by Crippen LogP contribution is -2.23. The van der Waals surface area contributed by atoms with Crippen LogP contribution in [0.2, 0.25) is 0 Å². The first-order valence-corrected chi connectivity index (χ1v) is 11.4. The zero-order valence-corrected chi connectivity index (χ0v) is 18.6. The number of fused-ring (bicyclic) bond motifs is 1. The van der Waals surface area contributed by atoms with Gasteiger partial charge in [0.2, 0.25) is 4.96 Å². The van der Waals surface area contributed by atoms with E-state index in [-0.39, 0.29) is 11.4 Å². The van der Waals surface area contributed by atoms with Crippen LogP contribution >= 0.6 is 11.3 Å². The highest BCUT2D eigenvalue weighted by Gasteiger charge is 2.13. The van der Waals surface area contributed by atoms with Gasteiger partial charge in [-0.25, -0.2) is 4.39 Å². The molecule has 5 rings (SSSR count). The van der Waals surface area contributed by atoms with Crippen molar-refractivity contribution in [2.45, 2.75) is 19.8 Å². The van der Waals surface area contributed by atoms with Gasteiger partial charge in [-0.05, 0) is 67.1 Å². The number of unbranched alkanes of at least 4 members (excludes halogenated alkanes) is 1. The molecule has 166 valence electrons. The Bertz CT molecular complexity index is 1500. The fraction of sp³-hybridized carbons (Fsp3) is 0.160. The summed E-state index contributed by atoms with van der Waals surface area (Å²) in [6.45, 7) is 2.81. The molecule has 0 amide bonds. The molecule has 0 aliphatic heterocycles. The summed E-state index contributed by atoms with van der Waals surface area (Å²) in [7, 11) is 0. The predicted octanol–water partition coefficient (Wildman–Crippen LogP) is 4.94. The number of thiazole rings is 1. The van der Waals surface area contributed by atoms with Crippen LogP contribution in [0.15, 0.2) is 69.9 Å². The lowest BCUT2D eigenvalue weighted by atomic mass is 10.2. The second-order valence-corrected chi connectivity index (χ2v) is 8.49. The fourth-order valence-electron chi connectivity index (χ4n) is 3.32. The van der Waals surface area contributed by atoms with Gasteiger partial charge in [-0.15, -0.1) is 5.10 Å². The molecule has 0 aliphatic carbocycles. The van der Waals surface area contributed by atoms with Gasteiger partial charge in [-0.1, -0.05) is 24.7 Å². The molecule has 0 aliphatic rings. The Hall–Kier alpha value is -3.78. The molecule has 8 heteroatoms. The van der Waals surface area contributed by atoms with Crippen molar-refractivity contribution in [2.24, 2.45) is 0 Å². The SMILES string of the molecule is CCCCOc1ccc(-c2nc3s/c(=C/c4ccc(-c5ccc(F)cc5)o4)c(=O)n3n2)cc1. The molecule has 2 aromatic carbocycles. The molecule has 0 fully saturated rings. The molecular weight excluding hydrogens is 441 g/mol. The van der Waals surface area contributed by atoms with E-state index in [1.807, 2.05) is 24.3 Å². The number of ether oxygens (including phenoxy) is 1. The molecule has 0 spiro atoms. The first kappa shape index (κ1) is 21.1.